The third-order valence-corrected chi connectivity index (χ3v) is 2.71. The van der Waals surface area contributed by atoms with Gasteiger partial charge >= 0.3 is 0 Å². The molecule has 1 aliphatic rings. The molecular formula is C12H17N3O. The number of aromatic nitrogens is 1. The third kappa shape index (κ3) is 3.31. The van der Waals surface area contributed by atoms with Gasteiger partial charge in [-0.15, -0.1) is 0 Å². The molecule has 0 aliphatic heterocycles. The van der Waals surface area contributed by atoms with E-state index in [2.05, 4.69) is 15.6 Å². The molecule has 0 bridgehead atoms. The predicted octanol–water partition coefficient (Wildman–Crippen LogP) is 1.01. The Morgan fingerprint density at radius 2 is 2.19 bits per heavy atom. The van der Waals surface area contributed by atoms with Crippen LogP contribution >= 0.6 is 0 Å². The number of carbonyl (C=O) groups excluding carboxylic acids is 1. The Morgan fingerprint density at radius 1 is 1.50 bits per heavy atom. The van der Waals surface area contributed by atoms with Gasteiger partial charge in [-0.1, -0.05) is 0 Å². The van der Waals surface area contributed by atoms with Gasteiger partial charge in [0.25, 0.3) is 0 Å². The maximum atomic E-state index is 11.6. The van der Waals surface area contributed by atoms with E-state index < -0.39 is 0 Å². The first-order valence-corrected chi connectivity index (χ1v) is 5.68. The fourth-order valence-electron chi connectivity index (χ4n) is 1.55. The van der Waals surface area contributed by atoms with Crippen LogP contribution in [-0.2, 0) is 4.79 Å². The lowest BCUT2D eigenvalue weighted by Gasteiger charge is -2.14. The SMILES string of the molecule is C[C@@H](NC(=O)CNC1CC1)c1ccncc1. The molecule has 0 radical (unpaired) electrons. The summed E-state index contributed by atoms with van der Waals surface area (Å²) in [5.74, 6) is 0.0520. The summed E-state index contributed by atoms with van der Waals surface area (Å²) in [7, 11) is 0. The topological polar surface area (TPSA) is 54.0 Å². The van der Waals surface area contributed by atoms with Gasteiger partial charge in [-0.3, -0.25) is 9.78 Å². The Bertz CT molecular complexity index is 349. The second-order valence-electron chi connectivity index (χ2n) is 4.22. The predicted molar refractivity (Wildman–Crippen MR) is 61.8 cm³/mol. The Morgan fingerprint density at radius 3 is 2.81 bits per heavy atom. The fourth-order valence-corrected chi connectivity index (χ4v) is 1.55. The van der Waals surface area contributed by atoms with E-state index in [-0.39, 0.29) is 11.9 Å². The van der Waals surface area contributed by atoms with Crippen molar-refractivity contribution in [3.8, 4) is 0 Å². The summed E-state index contributed by atoms with van der Waals surface area (Å²) in [6.07, 6.45) is 5.88. The molecule has 1 aromatic rings. The molecule has 0 spiro atoms. The molecule has 1 heterocycles. The minimum absolute atomic E-state index is 0.0384. The molecule has 16 heavy (non-hydrogen) atoms. The van der Waals surface area contributed by atoms with Crippen molar-refractivity contribution < 1.29 is 4.79 Å². The average Bonchev–Trinajstić information content (AvgIpc) is 3.11. The second-order valence-corrected chi connectivity index (χ2v) is 4.22. The van der Waals surface area contributed by atoms with Crippen molar-refractivity contribution in [2.75, 3.05) is 6.54 Å². The summed E-state index contributed by atoms with van der Waals surface area (Å²) >= 11 is 0. The monoisotopic (exact) mass is 219 g/mol. The molecule has 86 valence electrons. The molecular weight excluding hydrogens is 202 g/mol. The van der Waals surface area contributed by atoms with Gasteiger partial charge in [-0.25, -0.2) is 0 Å². The Hall–Kier alpha value is -1.42. The highest BCUT2D eigenvalue weighted by Gasteiger charge is 2.21. The van der Waals surface area contributed by atoms with Crippen molar-refractivity contribution >= 4 is 5.91 Å². The first-order valence-electron chi connectivity index (χ1n) is 5.68. The van der Waals surface area contributed by atoms with Crippen LogP contribution in [0, 0.1) is 0 Å². The van der Waals surface area contributed by atoms with Crippen LogP contribution in [-0.4, -0.2) is 23.5 Å². The van der Waals surface area contributed by atoms with Gasteiger partial charge in [-0.05, 0) is 37.5 Å². The number of hydrogen-bond donors (Lipinski definition) is 2. The Kier molecular flexibility index (Phi) is 3.51. The zero-order chi connectivity index (χ0) is 11.4. The van der Waals surface area contributed by atoms with Crippen LogP contribution < -0.4 is 10.6 Å². The van der Waals surface area contributed by atoms with Gasteiger partial charge < -0.3 is 10.6 Å². The van der Waals surface area contributed by atoms with Gasteiger partial charge in [-0.2, -0.15) is 0 Å². The largest absolute Gasteiger partial charge is 0.348 e. The molecule has 1 fully saturated rings. The molecule has 2 rings (SSSR count). The van der Waals surface area contributed by atoms with Crippen molar-refractivity contribution in [3.05, 3.63) is 30.1 Å². The lowest BCUT2D eigenvalue weighted by atomic mass is 10.1. The quantitative estimate of drug-likeness (QED) is 0.777. The minimum Gasteiger partial charge on any atom is -0.348 e. The van der Waals surface area contributed by atoms with Gasteiger partial charge in [0.2, 0.25) is 5.91 Å². The van der Waals surface area contributed by atoms with Crippen LogP contribution in [0.15, 0.2) is 24.5 Å². The Balaban J connectivity index is 1.77. The molecule has 1 atom stereocenters. The zero-order valence-electron chi connectivity index (χ0n) is 9.44. The van der Waals surface area contributed by atoms with E-state index in [1.807, 2.05) is 19.1 Å². The van der Waals surface area contributed by atoms with Gasteiger partial charge in [0.1, 0.15) is 0 Å². The summed E-state index contributed by atoms with van der Waals surface area (Å²) in [6.45, 7) is 2.39. The van der Waals surface area contributed by atoms with Gasteiger partial charge in [0.05, 0.1) is 12.6 Å². The molecule has 1 amide bonds. The molecule has 1 saturated carbocycles. The summed E-state index contributed by atoms with van der Waals surface area (Å²) in [6, 6.07) is 4.44. The minimum atomic E-state index is 0.0384. The first-order chi connectivity index (χ1) is 7.75. The summed E-state index contributed by atoms with van der Waals surface area (Å²) < 4.78 is 0. The number of rotatable bonds is 5. The number of pyridine rings is 1. The van der Waals surface area contributed by atoms with Crippen molar-refractivity contribution in [2.24, 2.45) is 0 Å². The van der Waals surface area contributed by atoms with E-state index in [0.29, 0.717) is 12.6 Å². The number of nitrogens with zero attached hydrogens (tertiary/aromatic N) is 1. The van der Waals surface area contributed by atoms with Crippen molar-refractivity contribution in [1.29, 1.82) is 0 Å². The molecule has 0 saturated heterocycles. The van der Waals surface area contributed by atoms with Crippen LogP contribution in [0.5, 0.6) is 0 Å². The van der Waals surface area contributed by atoms with Crippen LogP contribution in [0.3, 0.4) is 0 Å². The molecule has 1 aromatic heterocycles. The fraction of sp³-hybridized carbons (Fsp3) is 0.500. The Labute approximate surface area is 95.5 Å². The molecule has 1 aliphatic carbocycles. The molecule has 2 N–H and O–H groups in total. The number of carbonyl (C=O) groups is 1. The maximum Gasteiger partial charge on any atom is 0.234 e. The smallest absolute Gasteiger partial charge is 0.234 e. The van der Waals surface area contributed by atoms with Gasteiger partial charge in [0.15, 0.2) is 0 Å². The van der Waals surface area contributed by atoms with Crippen LogP contribution in [0.25, 0.3) is 0 Å². The second kappa shape index (κ2) is 5.07. The molecule has 4 heteroatoms. The number of hydrogen-bond acceptors (Lipinski definition) is 3. The molecule has 0 unspecified atom stereocenters. The zero-order valence-corrected chi connectivity index (χ0v) is 9.44. The number of amides is 1. The molecule has 4 nitrogen and oxygen atoms in total. The van der Waals surface area contributed by atoms with E-state index in [4.69, 9.17) is 0 Å². The highest BCUT2D eigenvalue weighted by molar-refractivity contribution is 5.78. The lowest BCUT2D eigenvalue weighted by molar-refractivity contribution is -0.120. The number of nitrogens with one attached hydrogen (secondary N) is 2. The van der Waals surface area contributed by atoms with E-state index >= 15 is 0 Å². The summed E-state index contributed by atoms with van der Waals surface area (Å²) in [4.78, 5) is 15.5. The van der Waals surface area contributed by atoms with Gasteiger partial charge in [0, 0.05) is 18.4 Å². The normalized spacial score (nSPS) is 16.8. The maximum absolute atomic E-state index is 11.6. The highest BCUT2D eigenvalue weighted by atomic mass is 16.1. The lowest BCUT2D eigenvalue weighted by Crippen LogP contribution is -2.36. The first kappa shape index (κ1) is 11.1. The van der Waals surface area contributed by atoms with E-state index in [9.17, 15) is 4.79 Å². The molecule has 0 aromatic carbocycles. The van der Waals surface area contributed by atoms with Crippen molar-refractivity contribution in [1.82, 2.24) is 15.6 Å². The summed E-state index contributed by atoms with van der Waals surface area (Å²) in [5, 5.41) is 6.14. The van der Waals surface area contributed by atoms with E-state index in [1.165, 1.54) is 12.8 Å². The van der Waals surface area contributed by atoms with E-state index in [0.717, 1.165) is 5.56 Å². The van der Waals surface area contributed by atoms with Crippen molar-refractivity contribution in [2.45, 2.75) is 31.8 Å². The standard InChI is InChI=1S/C12H17N3O/c1-9(10-4-6-13-7-5-10)15-12(16)8-14-11-2-3-11/h4-7,9,11,14H,2-3,8H2,1H3,(H,15,16)/t9-/m1/s1. The van der Waals surface area contributed by atoms with Crippen LogP contribution in [0.1, 0.15) is 31.4 Å². The van der Waals surface area contributed by atoms with Crippen LogP contribution in [0.2, 0.25) is 0 Å². The van der Waals surface area contributed by atoms with E-state index in [1.54, 1.807) is 12.4 Å². The average molecular weight is 219 g/mol. The highest BCUT2D eigenvalue weighted by Crippen LogP contribution is 2.18. The van der Waals surface area contributed by atoms with Crippen LogP contribution in [0.4, 0.5) is 0 Å². The third-order valence-electron chi connectivity index (χ3n) is 2.71. The van der Waals surface area contributed by atoms with Crippen molar-refractivity contribution in [3.63, 3.8) is 0 Å². The summed E-state index contributed by atoms with van der Waals surface area (Å²) in [5.41, 5.74) is 1.08.